The summed E-state index contributed by atoms with van der Waals surface area (Å²) in [5.41, 5.74) is 0. The van der Waals surface area contributed by atoms with Crippen molar-refractivity contribution in [2.24, 2.45) is 0 Å². The molecule has 29 heavy (non-hydrogen) atoms. The normalized spacial score (nSPS) is 87.8. The second kappa shape index (κ2) is 1.94. The Kier molecular flexibility index (Phi) is 1.08. The van der Waals surface area contributed by atoms with Crippen LogP contribution in [0.15, 0.2) is 0 Å². The first-order valence-corrected chi connectivity index (χ1v) is 19.9. The molecule has 0 amide bonds. The number of hydrogen-bond donors (Lipinski definition) is 0. The Morgan fingerprint density at radius 1 is 0.414 bits per heavy atom. The zero-order valence-electron chi connectivity index (χ0n) is 20.1. The van der Waals surface area contributed by atoms with Crippen molar-refractivity contribution in [1.29, 1.82) is 0 Å². The van der Waals surface area contributed by atoms with Crippen LogP contribution in [0.2, 0.25) is 45.1 Å². The van der Waals surface area contributed by atoms with Gasteiger partial charge in [-0.2, -0.15) is 0 Å². The topological polar surface area (TPSA) is 0 Å². The molecule has 10 saturated heterocycles. The first-order chi connectivity index (χ1) is 13.9. The minimum atomic E-state index is -3.82. The van der Waals surface area contributed by atoms with Crippen LogP contribution in [0.5, 0.6) is 0 Å². The third-order valence-corrected chi connectivity index (χ3v) is 69.1. The third kappa shape index (κ3) is 0.216. The Morgan fingerprint density at radius 2 is 0.655 bits per heavy atom. The standard InChI is InChI=1S/2C14H23.Fe/c2*1-4-7-12-10-13(8-5-2)14(11-12)9-6-3;/h2*10-11H,4-9H2,1-3H3;. The molecule has 10 aliphatic heterocycles. The average molecular weight is 439 g/mol. The van der Waals surface area contributed by atoms with Gasteiger partial charge in [0.1, 0.15) is 0 Å². The summed E-state index contributed by atoms with van der Waals surface area (Å²) in [7, 11) is 0. The van der Waals surface area contributed by atoms with Crippen LogP contribution in [0, 0.1) is 0 Å². The summed E-state index contributed by atoms with van der Waals surface area (Å²) >= 11 is 0. The van der Waals surface area contributed by atoms with Gasteiger partial charge in [-0.05, 0) is 0 Å². The predicted molar refractivity (Wildman–Crippen MR) is 121 cm³/mol. The van der Waals surface area contributed by atoms with Crippen molar-refractivity contribution < 1.29 is 6.51 Å². The van der Waals surface area contributed by atoms with Crippen LogP contribution in [0.3, 0.4) is 0 Å². The van der Waals surface area contributed by atoms with Crippen molar-refractivity contribution in [2.45, 2.75) is 164 Å². The molecule has 0 saturated carbocycles. The van der Waals surface area contributed by atoms with Crippen LogP contribution in [0.25, 0.3) is 0 Å². The fourth-order valence-electron chi connectivity index (χ4n) is 27.3. The Bertz CT molecular complexity index is 1160. The van der Waals surface area contributed by atoms with E-state index in [2.05, 4.69) is 41.5 Å². The molecule has 0 N–H and O–H groups in total. The van der Waals surface area contributed by atoms with Crippen molar-refractivity contribution in [2.75, 3.05) is 0 Å². The van der Waals surface area contributed by atoms with Crippen LogP contribution < -0.4 is 0 Å². The van der Waals surface area contributed by atoms with Crippen molar-refractivity contribution in [3.8, 4) is 0 Å². The summed E-state index contributed by atoms with van der Waals surface area (Å²) in [6.07, 6.45) is 19.5. The van der Waals surface area contributed by atoms with Gasteiger partial charge in [0, 0.05) is 0 Å². The summed E-state index contributed by atoms with van der Waals surface area (Å²) < 4.78 is 6.29. The van der Waals surface area contributed by atoms with E-state index in [9.17, 15) is 0 Å². The second-order valence-electron chi connectivity index (χ2n) is 15.5. The average Bonchev–Trinajstić information content (AvgIpc) is 3.64. The third-order valence-electron chi connectivity index (χ3n) is 20.9. The van der Waals surface area contributed by atoms with E-state index in [1.165, 1.54) is 57.8 Å². The fourth-order valence-corrected chi connectivity index (χ4v) is 118. The summed E-state index contributed by atoms with van der Waals surface area (Å²) in [5, 5.41) is 0. The molecule has 0 aromatic carbocycles. The van der Waals surface area contributed by atoms with Gasteiger partial charge >= 0.3 is 170 Å². The van der Waals surface area contributed by atoms with Crippen molar-refractivity contribution in [3.05, 3.63) is 0 Å². The fraction of sp³-hybridized carbons (Fsp3) is 1.00. The molecule has 10 fully saturated rings. The van der Waals surface area contributed by atoms with Gasteiger partial charge in [0.25, 0.3) is 0 Å². The van der Waals surface area contributed by atoms with E-state index in [1.54, 1.807) is 38.5 Å². The molecule has 8 atom stereocenters. The second-order valence-corrected chi connectivity index (χ2v) is 38.1. The van der Waals surface area contributed by atoms with E-state index in [0.717, 1.165) is 25.9 Å². The molecule has 0 aromatic rings. The molecule has 10 heterocycles. The van der Waals surface area contributed by atoms with Gasteiger partial charge in [-0.3, -0.25) is 0 Å². The maximum atomic E-state index is 2.59. The van der Waals surface area contributed by atoms with Gasteiger partial charge in [-0.1, -0.05) is 0 Å². The van der Waals surface area contributed by atoms with Gasteiger partial charge in [0.15, 0.2) is 0 Å². The molecule has 166 valence electrons. The molecular formula is C28H46Fe. The molecule has 0 nitrogen and oxygen atoms in total. The number of hydrogen-bond acceptors (Lipinski definition) is 0. The minimum absolute atomic E-state index is 1.04. The van der Waals surface area contributed by atoms with E-state index >= 15 is 0 Å². The number of rotatable bonds is 12. The van der Waals surface area contributed by atoms with Crippen molar-refractivity contribution in [3.63, 3.8) is 0 Å². The van der Waals surface area contributed by atoms with E-state index in [-0.39, 0.29) is 0 Å². The Hall–Kier alpha value is 0.519. The monoisotopic (exact) mass is 438 g/mol. The summed E-state index contributed by atoms with van der Waals surface area (Å²) in [4.78, 5) is 5.67. The van der Waals surface area contributed by atoms with Gasteiger partial charge in [-0.15, -0.1) is 0 Å². The Morgan fingerprint density at radius 3 is 0.862 bits per heavy atom. The zero-order chi connectivity index (χ0) is 20.1. The molecule has 0 aromatic heterocycles. The van der Waals surface area contributed by atoms with E-state index in [4.69, 9.17) is 0 Å². The van der Waals surface area contributed by atoms with Crippen LogP contribution in [-0.2, 0) is 6.51 Å². The molecule has 0 aliphatic carbocycles. The molecule has 10 rings (SSSR count). The first-order valence-electron chi connectivity index (χ1n) is 14.1. The first kappa shape index (κ1) is 16.2. The SMILES string of the molecule is CCC[C]12[CH]3[C]4(CCC)[C]5(CCC)[CH]1[Fe]32451678[CH]2[C]1(CCC)[CH]6[C]7(CCC)[C]28CCC. The van der Waals surface area contributed by atoms with Gasteiger partial charge in [0.05, 0.1) is 0 Å². The molecule has 0 radical (unpaired) electrons. The van der Waals surface area contributed by atoms with Crippen molar-refractivity contribution in [1.82, 2.24) is 0 Å². The van der Waals surface area contributed by atoms with Crippen LogP contribution in [0.4, 0.5) is 0 Å². The molecular weight excluding hydrogens is 392 g/mol. The van der Waals surface area contributed by atoms with Gasteiger partial charge in [0.2, 0.25) is 0 Å². The van der Waals surface area contributed by atoms with Gasteiger partial charge < -0.3 is 0 Å². The zero-order valence-corrected chi connectivity index (χ0v) is 21.3. The quantitative estimate of drug-likeness (QED) is 0.266. The molecule has 1 heteroatoms. The number of fused-ring (bicyclic) bond motifs is 10. The summed E-state index contributed by atoms with van der Waals surface area (Å²) in [6, 6.07) is 0. The van der Waals surface area contributed by atoms with Crippen LogP contribution in [-0.4, -0.2) is 0 Å². The molecule has 8 unspecified atom stereocenters. The van der Waals surface area contributed by atoms with Crippen LogP contribution in [0.1, 0.15) is 119 Å². The van der Waals surface area contributed by atoms with Crippen molar-refractivity contribution >= 4 is 0 Å². The molecule has 10 aliphatic rings. The molecule has 0 bridgehead atoms. The summed E-state index contributed by atoms with van der Waals surface area (Å²) in [6.45, 7) is 11.7. The summed E-state index contributed by atoms with van der Waals surface area (Å²) in [5.74, 6) is 0. The molecule has 1 spiro atoms. The Labute approximate surface area is 170 Å². The predicted octanol–water partition coefficient (Wildman–Crippen LogP) is 10.4. The Balaban J connectivity index is 1.45. The van der Waals surface area contributed by atoms with Crippen LogP contribution >= 0.6 is 0 Å². The van der Waals surface area contributed by atoms with Gasteiger partial charge in [-0.25, -0.2) is 0 Å². The van der Waals surface area contributed by atoms with E-state index < -0.39 is 6.51 Å². The maximum absolute atomic E-state index is 3.82. The van der Waals surface area contributed by atoms with E-state index in [0.29, 0.717) is 0 Å². The van der Waals surface area contributed by atoms with E-state index in [1.807, 2.05) is 0 Å².